The quantitative estimate of drug-likeness (QED) is 0.428. The summed E-state index contributed by atoms with van der Waals surface area (Å²) in [5.74, 6) is 0.324. The zero-order chi connectivity index (χ0) is 23.4. The van der Waals surface area contributed by atoms with Gasteiger partial charge >= 0.3 is 12.1 Å². The van der Waals surface area contributed by atoms with Gasteiger partial charge in [0.15, 0.2) is 0 Å². The van der Waals surface area contributed by atoms with Gasteiger partial charge in [0.05, 0.1) is 18.6 Å². The molecule has 1 N–H and O–H groups in total. The van der Waals surface area contributed by atoms with Gasteiger partial charge in [-0.15, -0.1) is 0 Å². The summed E-state index contributed by atoms with van der Waals surface area (Å²) < 4.78 is 51.8. The Balaban J connectivity index is 1.44. The minimum Gasteiger partial charge on any atom is -0.489 e. The lowest BCUT2D eigenvalue weighted by molar-refractivity contribution is -0.143. The molecule has 1 aliphatic heterocycles. The molecule has 0 radical (unpaired) electrons. The topological polar surface area (TPSA) is 54.6 Å². The highest BCUT2D eigenvalue weighted by Crippen LogP contribution is 2.38. The molecule has 8 heteroatoms. The number of rotatable bonds is 8. The second-order valence-corrected chi connectivity index (χ2v) is 8.18. The number of hydrogen-bond acceptors (Lipinski definition) is 4. The standard InChI is InChI=1S/C25H27F3N2O3/c1-2-32-24(31)10-6-19-14-18-15-20(7-8-22(18)29-19)33-16-17-5-9-23(30-11-3-4-12-30)21(13-17)25(26,27)28/h5,7-9,13-15,29H,2-4,6,10-12,16H2,1H3. The molecule has 1 fully saturated rings. The van der Waals surface area contributed by atoms with E-state index in [0.29, 0.717) is 43.9 Å². The molecule has 0 aliphatic carbocycles. The van der Waals surface area contributed by atoms with Gasteiger partial charge in [0.1, 0.15) is 12.4 Å². The van der Waals surface area contributed by atoms with Gasteiger partial charge in [-0.2, -0.15) is 13.2 Å². The van der Waals surface area contributed by atoms with Crippen molar-refractivity contribution in [2.75, 3.05) is 24.6 Å². The number of aryl methyl sites for hydroxylation is 1. The Morgan fingerprint density at radius 2 is 1.88 bits per heavy atom. The van der Waals surface area contributed by atoms with Crippen LogP contribution in [0.5, 0.6) is 5.75 Å². The van der Waals surface area contributed by atoms with E-state index in [2.05, 4.69) is 4.98 Å². The van der Waals surface area contributed by atoms with Gasteiger partial charge < -0.3 is 19.4 Å². The van der Waals surface area contributed by atoms with Crippen LogP contribution in [-0.4, -0.2) is 30.6 Å². The van der Waals surface area contributed by atoms with Crippen molar-refractivity contribution < 1.29 is 27.4 Å². The van der Waals surface area contributed by atoms with Crippen molar-refractivity contribution in [2.24, 2.45) is 0 Å². The molecule has 0 unspecified atom stereocenters. The monoisotopic (exact) mass is 460 g/mol. The molecule has 2 aromatic carbocycles. The molecule has 1 aliphatic rings. The number of halogens is 3. The third-order valence-electron chi connectivity index (χ3n) is 5.77. The molecule has 3 aromatic rings. The third kappa shape index (κ3) is 5.61. The number of fused-ring (bicyclic) bond motifs is 1. The van der Waals surface area contributed by atoms with E-state index in [1.54, 1.807) is 30.0 Å². The number of carbonyl (C=O) groups excluding carboxylic acids is 1. The fourth-order valence-electron chi connectivity index (χ4n) is 4.17. The normalized spacial score (nSPS) is 14.1. The van der Waals surface area contributed by atoms with Crippen LogP contribution in [0.4, 0.5) is 18.9 Å². The van der Waals surface area contributed by atoms with Gasteiger partial charge in [-0.1, -0.05) is 6.07 Å². The van der Waals surface area contributed by atoms with Crippen LogP contribution in [0.3, 0.4) is 0 Å². The lowest BCUT2D eigenvalue weighted by atomic mass is 10.1. The smallest absolute Gasteiger partial charge is 0.418 e. The summed E-state index contributed by atoms with van der Waals surface area (Å²) in [7, 11) is 0. The number of nitrogens with one attached hydrogen (secondary N) is 1. The van der Waals surface area contributed by atoms with E-state index in [1.165, 1.54) is 6.07 Å². The predicted octanol–water partition coefficient (Wildman–Crippen LogP) is 5.86. The Bertz CT molecular complexity index is 1120. The highest BCUT2D eigenvalue weighted by atomic mass is 19.4. The van der Waals surface area contributed by atoms with Crippen LogP contribution < -0.4 is 9.64 Å². The fourth-order valence-corrected chi connectivity index (χ4v) is 4.17. The Hall–Kier alpha value is -3.16. The summed E-state index contributed by atoms with van der Waals surface area (Å²) >= 11 is 0. The van der Waals surface area contributed by atoms with E-state index in [-0.39, 0.29) is 18.3 Å². The van der Waals surface area contributed by atoms with Crippen LogP contribution in [0.1, 0.15) is 43.0 Å². The van der Waals surface area contributed by atoms with Gasteiger partial charge in [-0.25, -0.2) is 0 Å². The van der Waals surface area contributed by atoms with E-state index in [0.717, 1.165) is 29.4 Å². The number of hydrogen-bond donors (Lipinski definition) is 1. The SMILES string of the molecule is CCOC(=O)CCc1cc2cc(OCc3ccc(N4CCCC4)c(C(F)(F)F)c3)ccc2[nH]1. The summed E-state index contributed by atoms with van der Waals surface area (Å²) in [6.45, 7) is 3.47. The van der Waals surface area contributed by atoms with Crippen molar-refractivity contribution in [3.63, 3.8) is 0 Å². The predicted molar refractivity (Wildman–Crippen MR) is 120 cm³/mol. The van der Waals surface area contributed by atoms with Gasteiger partial charge in [0.2, 0.25) is 0 Å². The number of ether oxygens (including phenoxy) is 2. The Morgan fingerprint density at radius 1 is 1.09 bits per heavy atom. The van der Waals surface area contributed by atoms with Crippen LogP contribution in [0.15, 0.2) is 42.5 Å². The molecule has 176 valence electrons. The number of aromatic amines is 1. The number of H-pyrrole nitrogens is 1. The molecule has 0 bridgehead atoms. The van der Waals surface area contributed by atoms with Gasteiger partial charge in [0.25, 0.3) is 0 Å². The van der Waals surface area contributed by atoms with Crippen molar-refractivity contribution in [3.8, 4) is 5.75 Å². The van der Waals surface area contributed by atoms with E-state index < -0.39 is 11.7 Å². The molecule has 0 atom stereocenters. The minimum absolute atomic E-state index is 0.0367. The van der Waals surface area contributed by atoms with Crippen LogP contribution in [0.2, 0.25) is 0 Å². The van der Waals surface area contributed by atoms with Gasteiger partial charge in [-0.3, -0.25) is 4.79 Å². The Kier molecular flexibility index (Phi) is 6.81. The highest BCUT2D eigenvalue weighted by molar-refractivity contribution is 5.82. The zero-order valence-electron chi connectivity index (χ0n) is 18.5. The number of alkyl halides is 3. The summed E-state index contributed by atoms with van der Waals surface area (Å²) in [6.07, 6.45) is -1.77. The summed E-state index contributed by atoms with van der Waals surface area (Å²) in [6, 6.07) is 11.9. The molecule has 0 saturated carbocycles. The van der Waals surface area contributed by atoms with Gasteiger partial charge in [0, 0.05) is 35.4 Å². The fraction of sp³-hybridized carbons (Fsp3) is 0.400. The van der Waals surface area contributed by atoms with E-state index >= 15 is 0 Å². The number of nitrogens with zero attached hydrogens (tertiary/aromatic N) is 1. The molecule has 1 saturated heterocycles. The third-order valence-corrected chi connectivity index (χ3v) is 5.77. The first-order valence-corrected chi connectivity index (χ1v) is 11.2. The maximum atomic E-state index is 13.7. The second kappa shape index (κ2) is 9.77. The molecule has 1 aromatic heterocycles. The maximum absolute atomic E-state index is 13.7. The molecular weight excluding hydrogens is 433 g/mol. The van der Waals surface area contributed by atoms with Crippen molar-refractivity contribution >= 4 is 22.6 Å². The Labute approximate surface area is 190 Å². The molecule has 2 heterocycles. The van der Waals surface area contributed by atoms with Crippen molar-refractivity contribution in [1.82, 2.24) is 4.98 Å². The number of aromatic nitrogens is 1. The number of benzene rings is 2. The van der Waals surface area contributed by atoms with E-state index in [4.69, 9.17) is 9.47 Å². The molecule has 4 rings (SSSR count). The first-order chi connectivity index (χ1) is 15.8. The molecule has 0 amide bonds. The van der Waals surface area contributed by atoms with Crippen molar-refractivity contribution in [3.05, 3.63) is 59.3 Å². The number of anilines is 1. The summed E-state index contributed by atoms with van der Waals surface area (Å²) in [4.78, 5) is 16.6. The minimum atomic E-state index is -4.42. The molecule has 0 spiro atoms. The molecule has 33 heavy (non-hydrogen) atoms. The van der Waals surface area contributed by atoms with Crippen molar-refractivity contribution in [1.29, 1.82) is 0 Å². The van der Waals surface area contributed by atoms with Crippen LogP contribution in [0, 0.1) is 0 Å². The first kappa shape index (κ1) is 23.0. The zero-order valence-corrected chi connectivity index (χ0v) is 18.5. The largest absolute Gasteiger partial charge is 0.489 e. The average Bonchev–Trinajstić information content (AvgIpc) is 3.45. The van der Waals surface area contributed by atoms with Gasteiger partial charge in [-0.05, 0) is 68.1 Å². The average molecular weight is 460 g/mol. The van der Waals surface area contributed by atoms with E-state index in [1.807, 2.05) is 18.2 Å². The summed E-state index contributed by atoms with van der Waals surface area (Å²) in [5.41, 5.74) is 1.90. The van der Waals surface area contributed by atoms with Crippen LogP contribution >= 0.6 is 0 Å². The Morgan fingerprint density at radius 3 is 2.61 bits per heavy atom. The molecule has 5 nitrogen and oxygen atoms in total. The lowest BCUT2D eigenvalue weighted by Gasteiger charge is -2.23. The second-order valence-electron chi connectivity index (χ2n) is 8.18. The first-order valence-electron chi connectivity index (χ1n) is 11.2. The van der Waals surface area contributed by atoms with E-state index in [9.17, 15) is 18.0 Å². The van der Waals surface area contributed by atoms with Crippen molar-refractivity contribution in [2.45, 2.75) is 45.4 Å². The molecular formula is C25H27F3N2O3. The van der Waals surface area contributed by atoms with Crippen LogP contribution in [0.25, 0.3) is 10.9 Å². The van der Waals surface area contributed by atoms with Crippen LogP contribution in [-0.2, 0) is 28.7 Å². The number of carbonyl (C=O) groups is 1. The maximum Gasteiger partial charge on any atom is 0.418 e. The summed E-state index contributed by atoms with van der Waals surface area (Å²) in [5, 5.41) is 0.909. The lowest BCUT2D eigenvalue weighted by Crippen LogP contribution is -2.22. The number of esters is 1. The highest BCUT2D eigenvalue weighted by Gasteiger charge is 2.35.